The summed E-state index contributed by atoms with van der Waals surface area (Å²) in [5, 5.41) is 3.61. The fourth-order valence-electron chi connectivity index (χ4n) is 6.50. The molecule has 9 nitrogen and oxygen atoms in total. The van der Waals surface area contributed by atoms with Crippen LogP contribution in [0, 0.1) is 15.2 Å². The Morgan fingerprint density at radius 3 is 2.83 bits per heavy atom. The second kappa shape index (κ2) is 7.84. The van der Waals surface area contributed by atoms with Gasteiger partial charge in [0.2, 0.25) is 0 Å². The van der Waals surface area contributed by atoms with Crippen LogP contribution in [-0.2, 0) is 19.0 Å². The molecule has 10 heteroatoms. The number of hydrogen-bond donors (Lipinski definition) is 1. The molecule has 1 saturated heterocycles. The molecule has 4 fully saturated rings. The fraction of sp³-hybridized carbons (Fsp3) is 0.538. The number of carbonyl (C=O) groups excluding carboxylic acids is 1. The third-order valence-electron chi connectivity index (χ3n) is 8.16. The van der Waals surface area contributed by atoms with Gasteiger partial charge < -0.3 is 24.1 Å². The third kappa shape index (κ3) is 3.33. The van der Waals surface area contributed by atoms with E-state index < -0.39 is 11.2 Å². The van der Waals surface area contributed by atoms with Crippen molar-refractivity contribution in [1.29, 1.82) is 0 Å². The van der Waals surface area contributed by atoms with E-state index in [9.17, 15) is 4.79 Å². The second-order valence-corrected chi connectivity index (χ2v) is 11.7. The summed E-state index contributed by atoms with van der Waals surface area (Å²) in [4.78, 5) is 27.3. The lowest BCUT2D eigenvalue weighted by Gasteiger charge is -2.24. The normalized spacial score (nSPS) is 35.3. The topological polar surface area (TPSA) is 100 Å². The Hall–Kier alpha value is -2.31. The molecule has 0 bridgehead atoms. The van der Waals surface area contributed by atoms with Crippen molar-refractivity contribution >= 4 is 45.5 Å². The molecule has 4 aliphatic rings. The number of fused-ring (bicyclic) bond motifs is 4. The van der Waals surface area contributed by atoms with Gasteiger partial charge >= 0.3 is 5.97 Å². The van der Waals surface area contributed by atoms with Gasteiger partial charge in [-0.05, 0) is 39.2 Å². The molecule has 2 aromatic heterocycles. The highest BCUT2D eigenvalue weighted by Gasteiger charge is 2.80. The number of benzene rings is 1. The number of nitrogens with zero attached hydrogens (tertiary/aromatic N) is 4. The first-order valence-electron chi connectivity index (χ1n) is 12.6. The van der Waals surface area contributed by atoms with Crippen molar-refractivity contribution in [3.8, 4) is 0 Å². The molecule has 3 saturated carbocycles. The van der Waals surface area contributed by atoms with Crippen molar-refractivity contribution in [3.63, 3.8) is 0 Å². The molecule has 1 aromatic carbocycles. The van der Waals surface area contributed by atoms with Crippen LogP contribution in [0.1, 0.15) is 51.1 Å². The number of esters is 1. The van der Waals surface area contributed by atoms with Crippen molar-refractivity contribution in [1.82, 2.24) is 19.5 Å². The van der Waals surface area contributed by atoms with Crippen LogP contribution in [0.15, 0.2) is 36.7 Å². The quantitative estimate of drug-likeness (QED) is 0.257. The fourth-order valence-corrected chi connectivity index (χ4v) is 6.97. The molecule has 0 radical (unpaired) electrons. The van der Waals surface area contributed by atoms with Gasteiger partial charge in [-0.15, -0.1) is 0 Å². The maximum absolute atomic E-state index is 13.1. The second-order valence-electron chi connectivity index (χ2n) is 10.8. The predicted molar refractivity (Wildman–Crippen MR) is 139 cm³/mol. The number of rotatable bonds is 6. The molecule has 3 aromatic rings. The number of aromatic nitrogens is 4. The number of nitrogens with one attached hydrogen (secondary N) is 1. The van der Waals surface area contributed by atoms with E-state index in [2.05, 4.69) is 56.7 Å². The molecular formula is C26H28IN5O4. The summed E-state index contributed by atoms with van der Waals surface area (Å²) in [6, 6.07) is 10.7. The van der Waals surface area contributed by atoms with Gasteiger partial charge in [-0.3, -0.25) is 4.79 Å². The van der Waals surface area contributed by atoms with E-state index in [0.717, 1.165) is 23.4 Å². The molecule has 188 valence electrons. The van der Waals surface area contributed by atoms with Gasteiger partial charge in [-0.1, -0.05) is 30.3 Å². The summed E-state index contributed by atoms with van der Waals surface area (Å²) in [6.45, 7) is 5.98. The van der Waals surface area contributed by atoms with E-state index in [1.165, 1.54) is 5.56 Å². The molecule has 2 unspecified atom stereocenters. The van der Waals surface area contributed by atoms with Gasteiger partial charge in [0.05, 0.1) is 19.0 Å². The zero-order valence-electron chi connectivity index (χ0n) is 20.3. The minimum absolute atomic E-state index is 0.0509. The van der Waals surface area contributed by atoms with Crippen molar-refractivity contribution in [2.45, 2.75) is 69.6 Å². The molecule has 7 rings (SSSR count). The lowest BCUT2D eigenvalue weighted by molar-refractivity contribution is -0.172. The Labute approximate surface area is 222 Å². The van der Waals surface area contributed by atoms with Gasteiger partial charge in [-0.25, -0.2) is 15.0 Å². The van der Waals surface area contributed by atoms with Crippen molar-refractivity contribution in [2.75, 3.05) is 11.9 Å². The lowest BCUT2D eigenvalue weighted by atomic mass is 9.99. The first-order chi connectivity index (χ1) is 17.3. The highest BCUT2D eigenvalue weighted by atomic mass is 127. The van der Waals surface area contributed by atoms with E-state index in [1.54, 1.807) is 0 Å². The third-order valence-corrected chi connectivity index (χ3v) is 8.64. The SMILES string of the molecule is CCOC(=O)[C@@]12C[C@@H]1[C@@H](n1cnc3c(NC4CC4c4ccccc4)nc(I)nc31)[C@H]1OC(C)(C)O[C@H]12. The average Bonchev–Trinajstić information content (AvgIpc) is 3.67. The standard InChI is InChI=1S/C26H28IN5O4/c1-4-34-23(33)26-11-15(26)18(19-20(26)36-25(2,3)35-19)32-12-28-17-21(30-24(27)31-22(17)32)29-16-10-14(16)13-8-6-5-7-9-13/h5-9,12,14-16,18-20H,4,10-11H2,1-3H3,(H,29,30,31)/t14?,15-,16?,18-,19-,20-,26+/m1/s1. The zero-order valence-corrected chi connectivity index (χ0v) is 22.5. The van der Waals surface area contributed by atoms with Crippen molar-refractivity contribution in [3.05, 3.63) is 46.1 Å². The summed E-state index contributed by atoms with van der Waals surface area (Å²) in [5.74, 6) is 0.304. The minimum Gasteiger partial charge on any atom is -0.465 e. The van der Waals surface area contributed by atoms with Gasteiger partial charge in [0.1, 0.15) is 17.6 Å². The first-order valence-corrected chi connectivity index (χ1v) is 13.6. The van der Waals surface area contributed by atoms with Crippen LogP contribution in [-0.4, -0.2) is 56.1 Å². The molecule has 1 aliphatic heterocycles. The number of anilines is 1. The van der Waals surface area contributed by atoms with Crippen LogP contribution in [0.4, 0.5) is 5.82 Å². The monoisotopic (exact) mass is 601 g/mol. The van der Waals surface area contributed by atoms with Crippen LogP contribution < -0.4 is 5.32 Å². The average molecular weight is 601 g/mol. The summed E-state index contributed by atoms with van der Waals surface area (Å²) in [5.41, 5.74) is 2.14. The minimum atomic E-state index is -0.772. The Morgan fingerprint density at radius 1 is 1.25 bits per heavy atom. The number of ether oxygens (including phenoxy) is 3. The Morgan fingerprint density at radius 2 is 2.06 bits per heavy atom. The number of imidazole rings is 1. The smallest absolute Gasteiger partial charge is 0.315 e. The van der Waals surface area contributed by atoms with Crippen LogP contribution >= 0.6 is 22.6 Å². The van der Waals surface area contributed by atoms with Crippen LogP contribution in [0.2, 0.25) is 0 Å². The molecule has 3 heterocycles. The van der Waals surface area contributed by atoms with Gasteiger partial charge in [0.25, 0.3) is 0 Å². The van der Waals surface area contributed by atoms with Crippen LogP contribution in [0.25, 0.3) is 11.2 Å². The molecular weight excluding hydrogens is 573 g/mol. The molecule has 36 heavy (non-hydrogen) atoms. The van der Waals surface area contributed by atoms with Crippen molar-refractivity contribution in [2.24, 2.45) is 11.3 Å². The molecule has 7 atom stereocenters. The largest absolute Gasteiger partial charge is 0.465 e. The van der Waals surface area contributed by atoms with E-state index in [-0.39, 0.29) is 30.1 Å². The zero-order chi connectivity index (χ0) is 24.8. The first kappa shape index (κ1) is 22.9. The Balaban J connectivity index is 1.23. The summed E-state index contributed by atoms with van der Waals surface area (Å²) in [6.07, 6.45) is 2.96. The molecule has 3 aliphatic carbocycles. The molecule has 0 spiro atoms. The highest BCUT2D eigenvalue weighted by Crippen LogP contribution is 2.72. The van der Waals surface area contributed by atoms with E-state index in [4.69, 9.17) is 29.2 Å². The summed E-state index contributed by atoms with van der Waals surface area (Å²) >= 11 is 2.16. The van der Waals surface area contributed by atoms with E-state index in [1.807, 2.05) is 33.2 Å². The number of carbonyl (C=O) groups is 1. The number of halogens is 1. The Bertz CT molecular complexity index is 1360. The van der Waals surface area contributed by atoms with Crippen LogP contribution in [0.3, 0.4) is 0 Å². The maximum Gasteiger partial charge on any atom is 0.315 e. The van der Waals surface area contributed by atoms with E-state index >= 15 is 0 Å². The van der Waals surface area contributed by atoms with Crippen LogP contribution in [0.5, 0.6) is 0 Å². The van der Waals surface area contributed by atoms with E-state index in [0.29, 0.717) is 28.8 Å². The van der Waals surface area contributed by atoms with Gasteiger partial charge in [-0.2, -0.15) is 0 Å². The molecule has 1 N–H and O–H groups in total. The van der Waals surface area contributed by atoms with Gasteiger partial charge in [0, 0.05) is 40.5 Å². The summed E-state index contributed by atoms with van der Waals surface area (Å²) < 4.78 is 20.9. The van der Waals surface area contributed by atoms with Gasteiger partial charge in [0.15, 0.2) is 26.6 Å². The molecule has 0 amide bonds. The lowest BCUT2D eigenvalue weighted by Crippen LogP contribution is -2.36. The summed E-state index contributed by atoms with van der Waals surface area (Å²) in [7, 11) is 0. The van der Waals surface area contributed by atoms with Crippen molar-refractivity contribution < 1.29 is 19.0 Å². The highest BCUT2D eigenvalue weighted by molar-refractivity contribution is 14.1. The number of hydrogen-bond acceptors (Lipinski definition) is 8. The maximum atomic E-state index is 13.1. The predicted octanol–water partition coefficient (Wildman–Crippen LogP) is 4.04. The Kier molecular flexibility index (Phi) is 4.98.